The number of hydrogen-bond acceptors (Lipinski definition) is 7. The molecular formula is C24H27N7O. The third-order valence-electron chi connectivity index (χ3n) is 5.67. The number of ether oxygens (including phenoxy) is 1. The minimum atomic E-state index is 0.0715. The van der Waals surface area contributed by atoms with Crippen LogP contribution in [-0.2, 0) is 0 Å². The summed E-state index contributed by atoms with van der Waals surface area (Å²) in [6.07, 6.45) is 5.57. The highest BCUT2D eigenvalue weighted by Gasteiger charge is 2.19. The maximum absolute atomic E-state index is 6.05. The predicted molar refractivity (Wildman–Crippen MR) is 126 cm³/mol. The molecule has 1 aliphatic heterocycles. The number of nitrogens with one attached hydrogen (secondary N) is 1. The Labute approximate surface area is 186 Å². The van der Waals surface area contributed by atoms with Gasteiger partial charge < -0.3 is 15.4 Å². The summed E-state index contributed by atoms with van der Waals surface area (Å²) in [5, 5.41) is 8.64. The first kappa shape index (κ1) is 20.4. The van der Waals surface area contributed by atoms with Crippen molar-refractivity contribution in [3.63, 3.8) is 0 Å². The highest BCUT2D eigenvalue weighted by atomic mass is 16.5. The van der Waals surface area contributed by atoms with Crippen molar-refractivity contribution in [3.05, 3.63) is 48.8 Å². The smallest absolute Gasteiger partial charge is 0.214 e. The summed E-state index contributed by atoms with van der Waals surface area (Å²) >= 11 is 0. The molecule has 0 saturated carbocycles. The SMILES string of the molecule is CC(C)Oc1cccc(-c2ccc3[nH]nc(-c4cncc(N5CCC(N)CC5)n4)c3c2)n1. The van der Waals surface area contributed by atoms with E-state index in [1.807, 2.05) is 50.4 Å². The van der Waals surface area contributed by atoms with Gasteiger partial charge in [0.1, 0.15) is 17.2 Å². The van der Waals surface area contributed by atoms with Crippen LogP contribution in [0.2, 0.25) is 0 Å². The Morgan fingerprint density at radius 2 is 1.91 bits per heavy atom. The van der Waals surface area contributed by atoms with Gasteiger partial charge in [0.25, 0.3) is 0 Å². The molecule has 8 heteroatoms. The second-order valence-electron chi connectivity index (χ2n) is 8.45. The fourth-order valence-electron chi connectivity index (χ4n) is 4.00. The van der Waals surface area contributed by atoms with Crippen LogP contribution in [0, 0.1) is 0 Å². The molecule has 1 saturated heterocycles. The third-order valence-corrected chi connectivity index (χ3v) is 5.67. The molecule has 3 N–H and O–H groups in total. The lowest BCUT2D eigenvalue weighted by Crippen LogP contribution is -2.40. The third kappa shape index (κ3) is 4.13. The van der Waals surface area contributed by atoms with E-state index in [4.69, 9.17) is 15.5 Å². The number of nitrogens with two attached hydrogens (primary N) is 1. The van der Waals surface area contributed by atoms with Gasteiger partial charge >= 0.3 is 0 Å². The number of benzene rings is 1. The lowest BCUT2D eigenvalue weighted by atomic mass is 10.1. The van der Waals surface area contributed by atoms with Crippen molar-refractivity contribution in [2.24, 2.45) is 5.73 Å². The van der Waals surface area contributed by atoms with E-state index in [0.717, 1.165) is 65.3 Å². The minimum absolute atomic E-state index is 0.0715. The van der Waals surface area contributed by atoms with Gasteiger partial charge in [-0.1, -0.05) is 12.1 Å². The zero-order valence-corrected chi connectivity index (χ0v) is 18.3. The summed E-state index contributed by atoms with van der Waals surface area (Å²) in [6, 6.07) is 12.2. The van der Waals surface area contributed by atoms with Gasteiger partial charge in [0, 0.05) is 36.1 Å². The Bertz CT molecular complexity index is 1230. The molecule has 1 aliphatic rings. The number of pyridine rings is 1. The van der Waals surface area contributed by atoms with Gasteiger partial charge in [-0.15, -0.1) is 0 Å². The van der Waals surface area contributed by atoms with E-state index in [0.29, 0.717) is 5.88 Å². The van der Waals surface area contributed by atoms with Crippen molar-refractivity contribution in [1.29, 1.82) is 0 Å². The number of fused-ring (bicyclic) bond motifs is 1. The monoisotopic (exact) mass is 429 g/mol. The van der Waals surface area contributed by atoms with Crippen LogP contribution in [0.4, 0.5) is 5.82 Å². The van der Waals surface area contributed by atoms with Crippen LogP contribution in [0.25, 0.3) is 33.5 Å². The number of nitrogens with zero attached hydrogens (tertiary/aromatic N) is 5. The minimum Gasteiger partial charge on any atom is -0.475 e. The normalized spacial score (nSPS) is 14.9. The second-order valence-corrected chi connectivity index (χ2v) is 8.45. The number of rotatable bonds is 5. The highest BCUT2D eigenvalue weighted by Crippen LogP contribution is 2.30. The molecule has 4 aromatic rings. The molecule has 0 aliphatic carbocycles. The molecule has 0 spiro atoms. The van der Waals surface area contributed by atoms with Gasteiger partial charge in [-0.2, -0.15) is 5.10 Å². The van der Waals surface area contributed by atoms with Crippen molar-refractivity contribution < 1.29 is 4.74 Å². The van der Waals surface area contributed by atoms with Crippen molar-refractivity contribution in [3.8, 4) is 28.5 Å². The number of anilines is 1. The largest absolute Gasteiger partial charge is 0.475 e. The van der Waals surface area contributed by atoms with E-state index in [9.17, 15) is 0 Å². The molecule has 8 nitrogen and oxygen atoms in total. The zero-order chi connectivity index (χ0) is 22.1. The summed E-state index contributed by atoms with van der Waals surface area (Å²) in [4.78, 5) is 16.2. The first-order valence-corrected chi connectivity index (χ1v) is 11.0. The Morgan fingerprint density at radius 1 is 1.06 bits per heavy atom. The first-order chi connectivity index (χ1) is 15.6. The van der Waals surface area contributed by atoms with Crippen molar-refractivity contribution >= 4 is 16.7 Å². The summed E-state index contributed by atoms with van der Waals surface area (Å²) in [7, 11) is 0. The van der Waals surface area contributed by atoms with E-state index in [2.05, 4.69) is 31.1 Å². The van der Waals surface area contributed by atoms with Crippen LogP contribution in [0.3, 0.4) is 0 Å². The van der Waals surface area contributed by atoms with Crippen LogP contribution in [-0.4, -0.2) is 50.4 Å². The Balaban J connectivity index is 1.49. The van der Waals surface area contributed by atoms with Crippen molar-refractivity contribution in [1.82, 2.24) is 25.1 Å². The molecule has 0 radical (unpaired) electrons. The van der Waals surface area contributed by atoms with Gasteiger partial charge in [-0.3, -0.25) is 10.1 Å². The lowest BCUT2D eigenvalue weighted by molar-refractivity contribution is 0.233. The molecule has 32 heavy (non-hydrogen) atoms. The summed E-state index contributed by atoms with van der Waals surface area (Å²) in [6.45, 7) is 5.77. The number of aromatic nitrogens is 5. The second kappa shape index (κ2) is 8.55. The Hall–Kier alpha value is -3.52. The molecular weight excluding hydrogens is 402 g/mol. The molecule has 1 aromatic carbocycles. The zero-order valence-electron chi connectivity index (χ0n) is 18.3. The quantitative estimate of drug-likeness (QED) is 0.497. The number of piperidine rings is 1. The summed E-state index contributed by atoms with van der Waals surface area (Å²) in [5.41, 5.74) is 10.3. The van der Waals surface area contributed by atoms with Gasteiger partial charge in [-0.05, 0) is 44.9 Å². The molecule has 4 heterocycles. The van der Waals surface area contributed by atoms with Crippen molar-refractivity contribution in [2.45, 2.75) is 38.8 Å². The van der Waals surface area contributed by atoms with Crippen molar-refractivity contribution in [2.75, 3.05) is 18.0 Å². The van der Waals surface area contributed by atoms with Gasteiger partial charge in [0.15, 0.2) is 0 Å². The summed E-state index contributed by atoms with van der Waals surface area (Å²) < 4.78 is 5.76. The van der Waals surface area contributed by atoms with E-state index >= 15 is 0 Å². The van der Waals surface area contributed by atoms with Crippen LogP contribution in [0.5, 0.6) is 5.88 Å². The molecule has 1 fully saturated rings. The van der Waals surface area contributed by atoms with E-state index < -0.39 is 0 Å². The summed E-state index contributed by atoms with van der Waals surface area (Å²) in [5.74, 6) is 1.48. The van der Waals surface area contributed by atoms with Crippen LogP contribution in [0.15, 0.2) is 48.8 Å². The van der Waals surface area contributed by atoms with Crippen LogP contribution in [0.1, 0.15) is 26.7 Å². The molecule has 0 atom stereocenters. The number of H-pyrrole nitrogens is 1. The average molecular weight is 430 g/mol. The van der Waals surface area contributed by atoms with Gasteiger partial charge in [0.05, 0.1) is 29.7 Å². The van der Waals surface area contributed by atoms with E-state index in [-0.39, 0.29) is 12.1 Å². The fraction of sp³-hybridized carbons (Fsp3) is 0.333. The molecule has 0 amide bonds. The Morgan fingerprint density at radius 3 is 2.72 bits per heavy atom. The number of aromatic amines is 1. The van der Waals surface area contributed by atoms with Gasteiger partial charge in [-0.25, -0.2) is 9.97 Å². The van der Waals surface area contributed by atoms with E-state index in [1.54, 1.807) is 6.20 Å². The van der Waals surface area contributed by atoms with Gasteiger partial charge in [0.2, 0.25) is 5.88 Å². The maximum atomic E-state index is 6.05. The topological polar surface area (TPSA) is 106 Å². The molecule has 0 bridgehead atoms. The molecule has 164 valence electrons. The first-order valence-electron chi connectivity index (χ1n) is 11.0. The fourth-order valence-corrected chi connectivity index (χ4v) is 4.00. The molecule has 0 unspecified atom stereocenters. The molecule has 3 aromatic heterocycles. The van der Waals surface area contributed by atoms with E-state index in [1.165, 1.54) is 0 Å². The predicted octanol–water partition coefficient (Wildman–Crippen LogP) is 3.80. The average Bonchev–Trinajstić information content (AvgIpc) is 3.23. The standard InChI is InChI=1S/C24H27N7O/c1-15(2)32-23-5-3-4-19(28-23)16-6-7-20-18(12-16)24(30-29-20)21-13-26-14-22(27-21)31-10-8-17(25)9-11-31/h3-7,12-15,17H,8-11,25H2,1-2H3,(H,29,30). The lowest BCUT2D eigenvalue weighted by Gasteiger charge is -2.30. The maximum Gasteiger partial charge on any atom is 0.214 e. The number of hydrogen-bond donors (Lipinski definition) is 2. The molecule has 5 rings (SSSR count). The highest BCUT2D eigenvalue weighted by molar-refractivity contribution is 5.94. The van der Waals surface area contributed by atoms with Crippen LogP contribution < -0.4 is 15.4 Å². The Kier molecular flexibility index (Phi) is 5.45. The van der Waals surface area contributed by atoms with Crippen LogP contribution >= 0.6 is 0 Å².